The van der Waals surface area contributed by atoms with Gasteiger partial charge in [-0.25, -0.2) is 29.6 Å². The van der Waals surface area contributed by atoms with E-state index in [9.17, 15) is 57.5 Å². The van der Waals surface area contributed by atoms with Crippen LogP contribution in [0.5, 0.6) is 0 Å². The number of carbonyl (C=O) groups excluding carboxylic acids is 12. The molecule has 0 saturated heterocycles. The lowest BCUT2D eigenvalue weighted by molar-refractivity contribution is 0.0904. The number of benzene rings is 6. The van der Waals surface area contributed by atoms with E-state index in [4.69, 9.17) is 5.73 Å². The lowest BCUT2D eigenvalue weighted by Gasteiger charge is -2.17. The van der Waals surface area contributed by atoms with Gasteiger partial charge < -0.3 is 30.8 Å². The molecule has 0 spiro atoms. The monoisotopic (exact) mass is 1320 g/mol. The van der Waals surface area contributed by atoms with Gasteiger partial charge in [0.25, 0.3) is 65.0 Å². The lowest BCUT2D eigenvalue weighted by atomic mass is 10.0. The number of fused-ring (bicyclic) bond motifs is 4. The van der Waals surface area contributed by atoms with E-state index in [1.807, 2.05) is 0 Å². The van der Waals surface area contributed by atoms with Crippen molar-refractivity contribution in [2.75, 3.05) is 36.8 Å². The summed E-state index contributed by atoms with van der Waals surface area (Å²) in [7, 11) is 0. The summed E-state index contributed by atoms with van der Waals surface area (Å²) in [5.74, 6) is -9.82. The van der Waals surface area contributed by atoms with Crippen LogP contribution < -0.4 is 41.3 Å². The van der Waals surface area contributed by atoms with Gasteiger partial charge >= 0.3 is 0 Å². The van der Waals surface area contributed by atoms with E-state index >= 15 is 0 Å². The second-order valence-corrected chi connectivity index (χ2v) is 23.1. The van der Waals surface area contributed by atoms with Gasteiger partial charge in [0, 0.05) is 90.9 Å². The molecule has 30 nitrogen and oxygen atoms in total. The topological polar surface area (TPSA) is 393 Å². The molecule has 0 unspecified atom stereocenters. The van der Waals surface area contributed by atoms with Crippen molar-refractivity contribution < 1.29 is 57.5 Å². The largest absolute Gasteiger partial charge is 0.366 e. The summed E-state index contributed by atoms with van der Waals surface area (Å²) in [5.41, 5.74) is 7.47. The van der Waals surface area contributed by atoms with Crippen LogP contribution in [0, 0.1) is 13.8 Å². The first-order chi connectivity index (χ1) is 47.7. The number of anilines is 6. The Kier molecular flexibility index (Phi) is 15.7. The highest BCUT2D eigenvalue weighted by molar-refractivity contribution is 6.37. The van der Waals surface area contributed by atoms with Crippen LogP contribution in [-0.2, 0) is 32.4 Å². The number of primary amides is 1. The number of imidazole rings is 2. The van der Waals surface area contributed by atoms with Crippen molar-refractivity contribution in [3.05, 3.63) is 247 Å². The minimum atomic E-state index is -0.891. The van der Waals surface area contributed by atoms with Gasteiger partial charge in [-0.05, 0) is 135 Å². The van der Waals surface area contributed by atoms with E-state index in [2.05, 4.69) is 55.8 Å². The van der Waals surface area contributed by atoms with E-state index < -0.39 is 94.7 Å². The molecule has 8 heterocycles. The van der Waals surface area contributed by atoms with Gasteiger partial charge in [-0.2, -0.15) is 29.9 Å². The zero-order chi connectivity index (χ0) is 69.2. The molecule has 6 aromatic carbocycles. The van der Waals surface area contributed by atoms with Gasteiger partial charge in [0.2, 0.25) is 29.7 Å². The fraction of sp³-hybridized carbons (Fsp3) is 0.130. The van der Waals surface area contributed by atoms with Crippen molar-refractivity contribution in [3.8, 4) is 0 Å². The molecule has 0 aliphatic carbocycles. The van der Waals surface area contributed by atoms with Crippen LogP contribution in [0.4, 0.5) is 35.2 Å². The number of nitrogens with zero attached hydrogens (tertiary/aromatic N) is 14. The second kappa shape index (κ2) is 24.8. The smallest absolute Gasteiger partial charge is 0.268 e. The molecule has 99 heavy (non-hydrogen) atoms. The van der Waals surface area contributed by atoms with Crippen molar-refractivity contribution in [1.82, 2.24) is 54.3 Å². The predicted octanol–water partition coefficient (Wildman–Crippen LogP) is 5.70. The molecule has 5 N–H and O–H groups in total. The van der Waals surface area contributed by atoms with Crippen LogP contribution in [0.3, 0.4) is 0 Å². The lowest BCUT2D eigenvalue weighted by Crippen LogP contribution is -2.35. The highest BCUT2D eigenvalue weighted by atomic mass is 16.2. The third kappa shape index (κ3) is 11.4. The fourth-order valence-electron chi connectivity index (χ4n) is 11.7. The number of rotatable bonds is 19. The zero-order valence-corrected chi connectivity index (χ0v) is 52.3. The highest BCUT2D eigenvalue weighted by Crippen LogP contribution is 2.35. The maximum atomic E-state index is 14.3. The normalized spacial score (nSPS) is 13.7. The SMILES string of the molecule is CCNC(=O)c1ccc2c(c1)C(=O)N(c1nc(CCn3ccnc3C)nc(N3C(=O)c4ccc(C(=O)Nc5ccc(Cc6ccc(NC(=O)c7ccc8c(c7)C(=O)N(c7nc(CCn9ccnc9C)nc(N9C(=O)c%10ccc(C(N)=O)cc%10C9=O)n7)C8=O)cc6)cc5)cc4C3=O)n1)C2=O. The number of imide groups is 4. The van der Waals surface area contributed by atoms with Gasteiger partial charge in [0.1, 0.15) is 23.3 Å². The van der Waals surface area contributed by atoms with E-state index in [-0.39, 0.29) is 104 Å². The molecule has 0 radical (unpaired) electrons. The second-order valence-electron chi connectivity index (χ2n) is 23.1. The third-order valence-corrected chi connectivity index (χ3v) is 16.9. The number of nitrogens with two attached hydrogens (primary N) is 1. The number of aromatic nitrogens is 10. The van der Waals surface area contributed by atoms with E-state index in [1.165, 1.54) is 72.8 Å². The van der Waals surface area contributed by atoms with E-state index in [0.29, 0.717) is 55.6 Å². The standard InChI is InChI=1S/C69H50N18O12/c1-4-71-55(89)39-10-18-45-49(31-39)63(97)85(59(45)93)67-77-53(22-26-83-28-24-73-35(83)3)79-69(81-67)87-61(95)47-20-12-41(33-51(47)65(87)99)57(91)75-43-15-7-37(8-16-43)29-36-5-13-42(14-6-36)74-56(90)40-11-19-46-50(32-40)64(98)86(60(46)94)68-78-52(21-25-82-27-23-72-34(82)2)76-66(80-68)84-58(92)44-17-9-38(54(70)88)30-48(44)62(84)96/h5-20,23-24,27-28,30-33H,4,21-22,25-26,29H2,1-3H3,(H2,70,88)(H,71,89)(H,74,90)(H,75,91). The molecule has 4 aliphatic heterocycles. The average Bonchev–Trinajstić information content (AvgIpc) is 1.61. The Hall–Kier alpha value is -13.8. The molecular formula is C69H50N18O12. The number of aryl methyl sites for hydroxylation is 6. The number of hydrogen-bond donors (Lipinski definition) is 4. The summed E-state index contributed by atoms with van der Waals surface area (Å²) in [5, 5.41) is 8.28. The van der Waals surface area contributed by atoms with Crippen molar-refractivity contribution in [1.29, 1.82) is 0 Å². The molecule has 30 heteroatoms. The summed E-state index contributed by atoms with van der Waals surface area (Å²) >= 11 is 0. The van der Waals surface area contributed by atoms with Crippen LogP contribution >= 0.6 is 0 Å². The van der Waals surface area contributed by atoms with Crippen LogP contribution in [0.25, 0.3) is 0 Å². The van der Waals surface area contributed by atoms with Gasteiger partial charge in [0.05, 0.1) is 44.5 Å². The first-order valence-electron chi connectivity index (χ1n) is 30.7. The molecule has 488 valence electrons. The van der Waals surface area contributed by atoms with Crippen LogP contribution in [0.15, 0.2) is 146 Å². The Morgan fingerprint density at radius 3 is 1.02 bits per heavy atom. The number of amides is 12. The van der Waals surface area contributed by atoms with E-state index in [1.54, 1.807) is 103 Å². The third-order valence-electron chi connectivity index (χ3n) is 16.9. The molecule has 4 aliphatic rings. The predicted molar refractivity (Wildman–Crippen MR) is 349 cm³/mol. The minimum Gasteiger partial charge on any atom is -0.366 e. The maximum absolute atomic E-state index is 14.3. The van der Waals surface area contributed by atoms with Crippen molar-refractivity contribution >= 4 is 106 Å². The molecule has 0 atom stereocenters. The van der Waals surface area contributed by atoms with Gasteiger partial charge in [0.15, 0.2) is 0 Å². The quantitative estimate of drug-likeness (QED) is 0.0705. The molecule has 12 amide bonds. The molecule has 14 rings (SSSR count). The van der Waals surface area contributed by atoms with Gasteiger partial charge in [-0.1, -0.05) is 24.3 Å². The Labute approximate surface area is 558 Å². The first kappa shape index (κ1) is 62.6. The fourth-order valence-corrected chi connectivity index (χ4v) is 11.7. The summed E-state index contributed by atoms with van der Waals surface area (Å²) in [6.07, 6.45) is 7.25. The Bertz CT molecular complexity index is 5260. The molecule has 0 fully saturated rings. The molecular weight excluding hydrogens is 1270 g/mol. The Balaban J connectivity index is 0.623. The van der Waals surface area contributed by atoms with Crippen molar-refractivity contribution in [2.45, 2.75) is 53.1 Å². The van der Waals surface area contributed by atoms with E-state index in [0.717, 1.165) is 11.1 Å². The van der Waals surface area contributed by atoms with Crippen LogP contribution in [0.1, 0.15) is 166 Å². The van der Waals surface area contributed by atoms with Crippen LogP contribution in [0.2, 0.25) is 0 Å². The Morgan fingerprint density at radius 2 is 0.707 bits per heavy atom. The molecule has 0 saturated carbocycles. The number of hydrogen-bond acceptors (Lipinski definition) is 20. The van der Waals surface area contributed by atoms with Crippen molar-refractivity contribution in [3.63, 3.8) is 0 Å². The number of nitrogens with one attached hydrogen (secondary N) is 3. The molecule has 4 aromatic heterocycles. The van der Waals surface area contributed by atoms with Gasteiger partial charge in [-0.3, -0.25) is 57.5 Å². The summed E-state index contributed by atoms with van der Waals surface area (Å²) < 4.78 is 3.60. The maximum Gasteiger partial charge on any atom is 0.268 e. The average molecular weight is 1320 g/mol. The molecule has 10 aromatic rings. The minimum absolute atomic E-state index is 0.0106. The Morgan fingerprint density at radius 1 is 0.394 bits per heavy atom. The summed E-state index contributed by atoms with van der Waals surface area (Å²) in [6.45, 7) is 6.18. The molecule has 0 bridgehead atoms. The number of carbonyl (C=O) groups is 12. The summed E-state index contributed by atoms with van der Waals surface area (Å²) in [4.78, 5) is 202. The zero-order valence-electron chi connectivity index (χ0n) is 52.3. The summed E-state index contributed by atoms with van der Waals surface area (Å²) in [6, 6.07) is 29.7. The first-order valence-corrected chi connectivity index (χ1v) is 30.7. The van der Waals surface area contributed by atoms with Crippen LogP contribution in [-0.4, -0.2) is 126 Å². The van der Waals surface area contributed by atoms with Crippen molar-refractivity contribution in [2.24, 2.45) is 5.73 Å². The highest BCUT2D eigenvalue weighted by Gasteiger charge is 2.45. The van der Waals surface area contributed by atoms with Gasteiger partial charge in [-0.15, -0.1) is 0 Å².